The fourth-order valence-electron chi connectivity index (χ4n) is 3.08. The largest absolute Gasteiger partial charge is 0.310 e. The van der Waals surface area contributed by atoms with Gasteiger partial charge in [0.25, 0.3) is 0 Å². The number of nitrogens with zero attached hydrogens (tertiary/aromatic N) is 4. The number of thioether (sulfide) groups is 1. The second-order valence-corrected chi connectivity index (χ2v) is 8.79. The van der Waals surface area contributed by atoms with Crippen LogP contribution in [0.25, 0.3) is 0 Å². The van der Waals surface area contributed by atoms with Crippen molar-refractivity contribution in [1.29, 1.82) is 0 Å². The summed E-state index contributed by atoms with van der Waals surface area (Å²) in [7, 11) is 0. The van der Waals surface area contributed by atoms with E-state index in [0.29, 0.717) is 5.25 Å². The van der Waals surface area contributed by atoms with Gasteiger partial charge in [-0.3, -0.25) is 0 Å². The quantitative estimate of drug-likeness (QED) is 0.906. The standard InChI is InChI=1S/C15H29N5S/c1-11-8-12(2)10-13(9-11)21-14-17-18-19-20(14)7-6-16-15(3,4)5/h11-13,16H,6-10H2,1-5H3. The molecule has 1 heterocycles. The maximum absolute atomic E-state index is 4.21. The van der Waals surface area contributed by atoms with Gasteiger partial charge in [-0.1, -0.05) is 25.6 Å². The van der Waals surface area contributed by atoms with Crippen molar-refractivity contribution in [3.8, 4) is 0 Å². The highest BCUT2D eigenvalue weighted by Crippen LogP contribution is 2.37. The predicted molar refractivity (Wildman–Crippen MR) is 87.4 cm³/mol. The lowest BCUT2D eigenvalue weighted by molar-refractivity contribution is 0.308. The Morgan fingerprint density at radius 1 is 1.19 bits per heavy atom. The number of nitrogens with one attached hydrogen (secondary N) is 1. The summed E-state index contributed by atoms with van der Waals surface area (Å²) in [6.45, 7) is 13.0. The molecule has 6 heteroatoms. The summed E-state index contributed by atoms with van der Waals surface area (Å²) in [5.74, 6) is 1.64. The molecule has 0 saturated heterocycles. The van der Waals surface area contributed by atoms with Crippen LogP contribution in [0.15, 0.2) is 5.16 Å². The fraction of sp³-hybridized carbons (Fsp3) is 0.933. The SMILES string of the molecule is CC1CC(C)CC(Sc2nnnn2CCNC(C)(C)C)C1. The molecule has 0 aromatic carbocycles. The molecule has 2 atom stereocenters. The molecule has 2 unspecified atom stereocenters. The monoisotopic (exact) mass is 311 g/mol. The van der Waals surface area contributed by atoms with E-state index in [4.69, 9.17) is 0 Å². The maximum Gasteiger partial charge on any atom is 0.209 e. The van der Waals surface area contributed by atoms with E-state index < -0.39 is 0 Å². The van der Waals surface area contributed by atoms with Gasteiger partial charge < -0.3 is 5.32 Å². The highest BCUT2D eigenvalue weighted by molar-refractivity contribution is 7.99. The maximum atomic E-state index is 4.21. The Labute approximate surface area is 132 Å². The van der Waals surface area contributed by atoms with Crippen molar-refractivity contribution >= 4 is 11.8 Å². The zero-order valence-electron chi connectivity index (χ0n) is 14.0. The van der Waals surface area contributed by atoms with Gasteiger partial charge in [0.15, 0.2) is 0 Å². The molecular formula is C15H29N5S. The van der Waals surface area contributed by atoms with Crippen molar-refractivity contribution in [2.75, 3.05) is 6.54 Å². The van der Waals surface area contributed by atoms with E-state index in [1.165, 1.54) is 19.3 Å². The van der Waals surface area contributed by atoms with Crippen molar-refractivity contribution in [3.63, 3.8) is 0 Å². The van der Waals surface area contributed by atoms with Gasteiger partial charge in [0.05, 0.1) is 6.54 Å². The normalized spacial score (nSPS) is 27.0. The van der Waals surface area contributed by atoms with Crippen LogP contribution in [0.1, 0.15) is 53.9 Å². The van der Waals surface area contributed by atoms with E-state index in [9.17, 15) is 0 Å². The van der Waals surface area contributed by atoms with Crippen molar-refractivity contribution in [1.82, 2.24) is 25.5 Å². The molecule has 0 aliphatic heterocycles. The molecule has 1 aromatic heterocycles. The molecule has 1 aromatic rings. The van der Waals surface area contributed by atoms with Gasteiger partial charge in [-0.25, -0.2) is 4.68 Å². The van der Waals surface area contributed by atoms with Crippen LogP contribution in [0.5, 0.6) is 0 Å². The lowest BCUT2D eigenvalue weighted by Crippen LogP contribution is -2.38. The molecule has 1 fully saturated rings. The molecule has 120 valence electrons. The number of tetrazole rings is 1. The Bertz CT molecular complexity index is 430. The van der Waals surface area contributed by atoms with Crippen molar-refractivity contribution in [2.45, 2.75) is 76.4 Å². The van der Waals surface area contributed by atoms with Crippen LogP contribution in [-0.4, -0.2) is 37.5 Å². The Balaban J connectivity index is 1.88. The van der Waals surface area contributed by atoms with E-state index >= 15 is 0 Å². The van der Waals surface area contributed by atoms with E-state index in [0.717, 1.165) is 30.1 Å². The van der Waals surface area contributed by atoms with Gasteiger partial charge in [-0.05, 0) is 62.3 Å². The van der Waals surface area contributed by atoms with Crippen LogP contribution in [0.3, 0.4) is 0 Å². The number of hydrogen-bond donors (Lipinski definition) is 1. The van der Waals surface area contributed by atoms with E-state index in [1.807, 2.05) is 16.4 Å². The van der Waals surface area contributed by atoms with Gasteiger partial charge in [-0.15, -0.1) is 5.10 Å². The summed E-state index contributed by atoms with van der Waals surface area (Å²) in [4.78, 5) is 0. The van der Waals surface area contributed by atoms with E-state index in [-0.39, 0.29) is 5.54 Å². The summed E-state index contributed by atoms with van der Waals surface area (Å²) in [5.41, 5.74) is 0.134. The third-order valence-corrected chi connectivity index (χ3v) is 5.11. The Morgan fingerprint density at radius 3 is 2.48 bits per heavy atom. The third kappa shape index (κ3) is 5.58. The van der Waals surface area contributed by atoms with Crippen LogP contribution in [0.4, 0.5) is 0 Å². The predicted octanol–water partition coefficient (Wildman–Crippen LogP) is 2.98. The second kappa shape index (κ2) is 7.09. The third-order valence-electron chi connectivity index (χ3n) is 3.89. The average Bonchev–Trinajstić information content (AvgIpc) is 2.73. The first kappa shape index (κ1) is 16.7. The van der Waals surface area contributed by atoms with E-state index in [1.54, 1.807) is 0 Å². The zero-order chi connectivity index (χ0) is 15.5. The van der Waals surface area contributed by atoms with Gasteiger partial charge >= 0.3 is 0 Å². The summed E-state index contributed by atoms with van der Waals surface area (Å²) in [5, 5.41) is 17.3. The molecule has 1 saturated carbocycles. The summed E-state index contributed by atoms with van der Waals surface area (Å²) in [6.07, 6.45) is 3.92. The number of aromatic nitrogens is 4. The number of rotatable bonds is 5. The first-order valence-corrected chi connectivity index (χ1v) is 8.89. The fourth-order valence-corrected chi connectivity index (χ4v) is 4.56. The van der Waals surface area contributed by atoms with Crippen LogP contribution in [0, 0.1) is 11.8 Å². The molecule has 0 bridgehead atoms. The van der Waals surface area contributed by atoms with Gasteiger partial charge in [0.1, 0.15) is 0 Å². The van der Waals surface area contributed by atoms with Crippen molar-refractivity contribution in [2.24, 2.45) is 11.8 Å². The minimum Gasteiger partial charge on any atom is -0.310 e. The molecule has 0 spiro atoms. The molecule has 5 nitrogen and oxygen atoms in total. The topological polar surface area (TPSA) is 55.6 Å². The molecule has 2 rings (SSSR count). The van der Waals surface area contributed by atoms with Gasteiger partial charge in [0.2, 0.25) is 5.16 Å². The smallest absolute Gasteiger partial charge is 0.209 e. The number of hydrogen-bond acceptors (Lipinski definition) is 5. The van der Waals surface area contributed by atoms with E-state index in [2.05, 4.69) is 55.5 Å². The lowest BCUT2D eigenvalue weighted by atomic mass is 9.83. The van der Waals surface area contributed by atoms with Crippen LogP contribution >= 0.6 is 11.8 Å². The first-order chi connectivity index (χ1) is 9.83. The lowest BCUT2D eigenvalue weighted by Gasteiger charge is -2.30. The van der Waals surface area contributed by atoms with Crippen molar-refractivity contribution < 1.29 is 0 Å². The summed E-state index contributed by atoms with van der Waals surface area (Å²) >= 11 is 1.86. The Morgan fingerprint density at radius 2 is 1.86 bits per heavy atom. The second-order valence-electron chi connectivity index (χ2n) is 7.52. The highest BCUT2D eigenvalue weighted by atomic mass is 32.2. The molecule has 1 N–H and O–H groups in total. The van der Waals surface area contributed by atoms with Gasteiger partial charge in [-0.2, -0.15) is 0 Å². The van der Waals surface area contributed by atoms with Gasteiger partial charge in [0, 0.05) is 17.3 Å². The zero-order valence-corrected chi connectivity index (χ0v) is 14.8. The summed E-state index contributed by atoms with van der Waals surface area (Å²) < 4.78 is 1.94. The highest BCUT2D eigenvalue weighted by Gasteiger charge is 2.26. The average molecular weight is 311 g/mol. The van der Waals surface area contributed by atoms with Crippen LogP contribution < -0.4 is 5.32 Å². The molecule has 0 radical (unpaired) electrons. The summed E-state index contributed by atoms with van der Waals surface area (Å²) in [6, 6.07) is 0. The molecule has 0 amide bonds. The minimum atomic E-state index is 0.134. The molecule has 21 heavy (non-hydrogen) atoms. The van der Waals surface area contributed by atoms with Crippen LogP contribution in [-0.2, 0) is 6.54 Å². The molecule has 1 aliphatic carbocycles. The Hall–Kier alpha value is -0.620. The van der Waals surface area contributed by atoms with Crippen LogP contribution in [0.2, 0.25) is 0 Å². The molecule has 1 aliphatic rings. The minimum absolute atomic E-state index is 0.134. The first-order valence-electron chi connectivity index (χ1n) is 8.01. The molecular weight excluding hydrogens is 282 g/mol. The Kier molecular flexibility index (Phi) is 5.66. The van der Waals surface area contributed by atoms with Crippen molar-refractivity contribution in [3.05, 3.63) is 0 Å².